The van der Waals surface area contributed by atoms with Crippen molar-refractivity contribution in [3.8, 4) is 0 Å². The highest BCUT2D eigenvalue weighted by Gasteiger charge is 2.24. The lowest BCUT2D eigenvalue weighted by Gasteiger charge is -2.09. The third-order valence-electron chi connectivity index (χ3n) is 4.89. The average molecular weight is 379 g/mol. The molecule has 0 aromatic carbocycles. The van der Waals surface area contributed by atoms with Crippen molar-refractivity contribution in [1.29, 1.82) is 0 Å². The first-order valence-corrected chi connectivity index (χ1v) is 9.40. The lowest BCUT2D eigenvalue weighted by Crippen LogP contribution is -2.06. The summed E-state index contributed by atoms with van der Waals surface area (Å²) in [5, 5.41) is 10.6. The molecule has 5 heteroatoms. The normalized spacial score (nSPS) is 22.6. The first kappa shape index (κ1) is 16.1. The summed E-state index contributed by atoms with van der Waals surface area (Å²) >= 11 is 0. The molecule has 0 radical (unpaired) electrons. The summed E-state index contributed by atoms with van der Waals surface area (Å²) in [6.07, 6.45) is 17.0. The van der Waals surface area contributed by atoms with E-state index in [0.717, 1.165) is 28.4 Å². The minimum absolute atomic E-state index is 0.0813. The average Bonchev–Trinajstić information content (AvgIpc) is 3.48. The second-order valence-corrected chi connectivity index (χ2v) is 6.86. The molecule has 8 bridgehead atoms. The van der Waals surface area contributed by atoms with Gasteiger partial charge < -0.3 is 5.11 Å². The number of hydrogen-bond donors (Lipinski definition) is 1. The third kappa shape index (κ3) is 3.06. The van der Waals surface area contributed by atoms with Crippen LogP contribution in [0.1, 0.15) is 14.7 Å². The Kier molecular flexibility index (Phi) is 3.69. The van der Waals surface area contributed by atoms with E-state index in [-0.39, 0.29) is 11.8 Å². The van der Waals surface area contributed by atoms with Crippen LogP contribution < -0.4 is 0 Å². The van der Waals surface area contributed by atoms with E-state index in [1.54, 1.807) is 18.2 Å². The lowest BCUT2D eigenvalue weighted by molar-refractivity contribution is 0.445. The van der Waals surface area contributed by atoms with Crippen molar-refractivity contribution in [1.82, 2.24) is 0 Å². The van der Waals surface area contributed by atoms with Crippen molar-refractivity contribution in [2.24, 2.45) is 20.0 Å². The molecule has 5 aliphatic heterocycles. The molecule has 0 saturated heterocycles. The third-order valence-corrected chi connectivity index (χ3v) is 4.89. The minimum atomic E-state index is 0.0813. The number of rotatable bonds is 2. The van der Waals surface area contributed by atoms with Gasteiger partial charge in [-0.2, -0.15) is 0 Å². The number of hydrogen-bond acceptors (Lipinski definition) is 5. The van der Waals surface area contributed by atoms with E-state index in [0.29, 0.717) is 34.8 Å². The second-order valence-electron chi connectivity index (χ2n) is 6.86. The number of fused-ring (bicyclic) bond motifs is 4. The predicted molar refractivity (Wildman–Crippen MR) is 119 cm³/mol. The molecule has 140 valence electrons. The highest BCUT2D eigenvalue weighted by Crippen LogP contribution is 2.31. The first-order chi connectivity index (χ1) is 14.6. The van der Waals surface area contributed by atoms with Gasteiger partial charge in [-0.3, -0.25) is 0 Å². The fourth-order valence-corrected chi connectivity index (χ4v) is 3.58. The fraction of sp³-hybridized carbons (Fsp3) is 0.0833. The molecular weight excluding hydrogens is 360 g/mol. The van der Waals surface area contributed by atoms with Crippen molar-refractivity contribution in [2.75, 3.05) is 0 Å². The van der Waals surface area contributed by atoms with E-state index < -0.39 is 0 Å². The first-order valence-electron chi connectivity index (χ1n) is 9.90. The standard InChI is InChI=1S/C24H18N4O/c1-3-14-9-19-11-17-7-5-15(25-17)10-16-6-8-18(26-16)12-20-13-22(29)24(28-20)21(4-2)23(14)27-19/h3,5-13,29H,1,4H2,2H3/i9D. The molecule has 5 rings (SSSR count). The maximum absolute atomic E-state index is 10.6. The molecule has 5 aliphatic rings. The van der Waals surface area contributed by atoms with Gasteiger partial charge in [0.05, 0.1) is 41.3 Å². The van der Waals surface area contributed by atoms with Crippen molar-refractivity contribution in [3.05, 3.63) is 107 Å². The van der Waals surface area contributed by atoms with Gasteiger partial charge in [-0.1, -0.05) is 19.6 Å². The van der Waals surface area contributed by atoms with Gasteiger partial charge in [-0.15, -0.1) is 0 Å². The number of aliphatic hydroxyl groups excluding tert-OH is 1. The molecule has 29 heavy (non-hydrogen) atoms. The van der Waals surface area contributed by atoms with Gasteiger partial charge in [0.15, 0.2) is 0 Å². The van der Waals surface area contributed by atoms with Crippen LogP contribution >= 0.6 is 0 Å². The molecule has 5 nitrogen and oxygen atoms in total. The van der Waals surface area contributed by atoms with Gasteiger partial charge in [0.1, 0.15) is 11.5 Å². The van der Waals surface area contributed by atoms with E-state index >= 15 is 0 Å². The predicted octanol–water partition coefficient (Wildman–Crippen LogP) is 4.80. The van der Waals surface area contributed by atoms with Gasteiger partial charge in [0.2, 0.25) is 0 Å². The summed E-state index contributed by atoms with van der Waals surface area (Å²) in [5.41, 5.74) is 6.64. The summed E-state index contributed by atoms with van der Waals surface area (Å²) in [5.74, 6) is 0.0813. The van der Waals surface area contributed by atoms with E-state index in [1.807, 2.05) is 43.4 Å². The summed E-state index contributed by atoms with van der Waals surface area (Å²) < 4.78 is 8.57. The van der Waals surface area contributed by atoms with Crippen LogP contribution in [0.25, 0.3) is 0 Å². The maximum atomic E-state index is 10.6. The zero-order valence-corrected chi connectivity index (χ0v) is 15.8. The fourth-order valence-electron chi connectivity index (χ4n) is 3.58. The van der Waals surface area contributed by atoms with E-state index in [4.69, 9.17) is 6.36 Å². The number of allylic oxidation sites excluding steroid dienone is 11. The quantitative estimate of drug-likeness (QED) is 0.735. The van der Waals surface area contributed by atoms with Crippen LogP contribution in [0.3, 0.4) is 0 Å². The molecule has 0 aliphatic carbocycles. The van der Waals surface area contributed by atoms with Crippen LogP contribution in [-0.4, -0.2) is 28.0 Å². The van der Waals surface area contributed by atoms with Gasteiger partial charge in [-0.25, -0.2) is 20.0 Å². The molecule has 0 amide bonds. The topological polar surface area (TPSA) is 69.7 Å². The zero-order valence-electron chi connectivity index (χ0n) is 16.8. The van der Waals surface area contributed by atoms with Gasteiger partial charge >= 0.3 is 0 Å². The molecule has 1 N–H and O–H groups in total. The van der Waals surface area contributed by atoms with Gasteiger partial charge in [0, 0.05) is 17.2 Å². The Morgan fingerprint density at radius 3 is 2.21 bits per heavy atom. The van der Waals surface area contributed by atoms with E-state index in [2.05, 4.69) is 21.6 Å². The second kappa shape index (κ2) is 6.63. The van der Waals surface area contributed by atoms with E-state index in [9.17, 15) is 5.11 Å². The molecule has 0 unspecified atom stereocenters. The highest BCUT2D eigenvalue weighted by atomic mass is 16.3. The van der Waals surface area contributed by atoms with Crippen LogP contribution in [0.2, 0.25) is 0 Å². The molecule has 0 aromatic rings. The van der Waals surface area contributed by atoms with Crippen LogP contribution in [0.15, 0.2) is 127 Å². The lowest BCUT2D eigenvalue weighted by atomic mass is 10.0. The van der Waals surface area contributed by atoms with Crippen LogP contribution in [0, 0.1) is 0 Å². The summed E-state index contributed by atoms with van der Waals surface area (Å²) in [6.45, 7) is 5.85. The largest absolute Gasteiger partial charge is 0.506 e. The van der Waals surface area contributed by atoms with E-state index in [1.165, 1.54) is 0 Å². The van der Waals surface area contributed by atoms with Gasteiger partial charge in [-0.05, 0) is 55.0 Å². The zero-order chi connectivity index (χ0) is 20.8. The SMILES string of the molecule is [2H]C1=C(C=C)C2=C(CC)C3=NC(=CC4=NC(=CC5=NC(=CC1=N2)C=C5)C=C4)C=C3O. The number of aliphatic hydroxyl groups is 1. The molecule has 0 atom stereocenters. The summed E-state index contributed by atoms with van der Waals surface area (Å²) in [6, 6.07) is 0.281. The summed E-state index contributed by atoms with van der Waals surface area (Å²) in [4.78, 5) is 18.5. The number of nitrogens with zero attached hydrogens (tertiary/aromatic N) is 4. The molecular formula is C24H18N4O. The molecule has 0 saturated carbocycles. The minimum Gasteiger partial charge on any atom is -0.506 e. The Labute approximate surface area is 170 Å². The van der Waals surface area contributed by atoms with Crippen LogP contribution in [-0.2, 0) is 0 Å². The Morgan fingerprint density at radius 2 is 1.55 bits per heavy atom. The Bertz CT molecular complexity index is 1280. The van der Waals surface area contributed by atoms with Crippen molar-refractivity contribution < 1.29 is 6.48 Å². The highest BCUT2D eigenvalue weighted by molar-refractivity contribution is 6.18. The smallest absolute Gasteiger partial charge is 0.143 e. The Balaban J connectivity index is 1.77. The molecule has 0 fully saturated rings. The number of aliphatic imine (C=N–C) groups is 4. The molecule has 0 spiro atoms. The van der Waals surface area contributed by atoms with Crippen molar-refractivity contribution in [2.45, 2.75) is 13.3 Å². The van der Waals surface area contributed by atoms with Crippen molar-refractivity contribution in [3.63, 3.8) is 0 Å². The maximum Gasteiger partial charge on any atom is 0.143 e. The molecule has 0 aromatic heterocycles. The van der Waals surface area contributed by atoms with Crippen LogP contribution in [0.4, 0.5) is 0 Å². The Hall–Kier alpha value is -3.86. The van der Waals surface area contributed by atoms with Gasteiger partial charge in [0.25, 0.3) is 0 Å². The summed E-state index contributed by atoms with van der Waals surface area (Å²) in [7, 11) is 0. The Morgan fingerprint density at radius 1 is 0.897 bits per heavy atom. The van der Waals surface area contributed by atoms with Crippen LogP contribution in [0.5, 0.6) is 0 Å². The van der Waals surface area contributed by atoms with Crippen molar-refractivity contribution >= 4 is 22.8 Å². The monoisotopic (exact) mass is 379 g/mol. The molecule has 5 heterocycles.